The second kappa shape index (κ2) is 5.35. The first-order valence-electron chi connectivity index (χ1n) is 6.35. The van der Waals surface area contributed by atoms with Crippen molar-refractivity contribution in [3.63, 3.8) is 0 Å². The van der Waals surface area contributed by atoms with Crippen molar-refractivity contribution >= 4 is 5.69 Å². The largest absolute Gasteiger partial charge is 0.373 e. The van der Waals surface area contributed by atoms with Gasteiger partial charge in [-0.3, -0.25) is 0 Å². The molecule has 1 N–H and O–H groups in total. The quantitative estimate of drug-likeness (QED) is 0.762. The molecule has 0 aliphatic heterocycles. The summed E-state index contributed by atoms with van der Waals surface area (Å²) in [5.74, 6) is 0. The topological polar surface area (TPSA) is 15.3 Å². The fourth-order valence-electron chi connectivity index (χ4n) is 2.35. The van der Waals surface area contributed by atoms with Crippen LogP contribution in [0.25, 0.3) is 0 Å². The molecule has 1 aromatic carbocycles. The van der Waals surface area contributed by atoms with Gasteiger partial charge >= 0.3 is 0 Å². The van der Waals surface area contributed by atoms with E-state index in [1.54, 1.807) is 11.1 Å². The first-order valence-corrected chi connectivity index (χ1v) is 6.35. The van der Waals surface area contributed by atoms with E-state index >= 15 is 0 Å². The lowest BCUT2D eigenvalue weighted by molar-refractivity contribution is 0.706. The van der Waals surface area contributed by atoms with E-state index in [4.69, 9.17) is 0 Å². The smallest absolute Gasteiger partial charge is 0.0366 e. The van der Waals surface area contributed by atoms with Crippen molar-refractivity contribution in [3.8, 4) is 0 Å². The Balaban J connectivity index is 1.98. The third-order valence-electron chi connectivity index (χ3n) is 3.40. The SMILES string of the molecule is CCNCCN(C)c1ccc2c(c1)CCC2. The van der Waals surface area contributed by atoms with Crippen LogP contribution in [0.15, 0.2) is 18.2 Å². The van der Waals surface area contributed by atoms with Crippen LogP contribution in [-0.4, -0.2) is 26.7 Å². The third-order valence-corrected chi connectivity index (χ3v) is 3.40. The van der Waals surface area contributed by atoms with Crippen molar-refractivity contribution in [1.29, 1.82) is 0 Å². The minimum absolute atomic E-state index is 1.05. The Hall–Kier alpha value is -1.02. The average Bonchev–Trinajstić information content (AvgIpc) is 2.76. The van der Waals surface area contributed by atoms with E-state index in [9.17, 15) is 0 Å². The number of hydrogen-bond donors (Lipinski definition) is 1. The fourth-order valence-corrected chi connectivity index (χ4v) is 2.35. The predicted octanol–water partition coefficient (Wildman–Crippen LogP) is 2.22. The van der Waals surface area contributed by atoms with Crippen LogP contribution in [0, 0.1) is 0 Å². The first kappa shape index (κ1) is 11.5. The molecule has 0 radical (unpaired) electrons. The van der Waals surface area contributed by atoms with Gasteiger partial charge in [-0.2, -0.15) is 0 Å². The maximum Gasteiger partial charge on any atom is 0.0366 e. The van der Waals surface area contributed by atoms with Gasteiger partial charge in [-0.15, -0.1) is 0 Å². The number of nitrogens with zero attached hydrogens (tertiary/aromatic N) is 1. The first-order chi connectivity index (χ1) is 7.81. The minimum atomic E-state index is 1.05. The van der Waals surface area contributed by atoms with Crippen LogP contribution in [0.5, 0.6) is 0 Å². The number of fused-ring (bicyclic) bond motifs is 1. The lowest BCUT2D eigenvalue weighted by Crippen LogP contribution is -2.28. The molecule has 2 rings (SSSR count). The second-order valence-electron chi connectivity index (χ2n) is 4.58. The van der Waals surface area contributed by atoms with Gasteiger partial charge < -0.3 is 10.2 Å². The fraction of sp³-hybridized carbons (Fsp3) is 0.571. The predicted molar refractivity (Wildman–Crippen MR) is 70.3 cm³/mol. The zero-order valence-electron chi connectivity index (χ0n) is 10.4. The van der Waals surface area contributed by atoms with E-state index < -0.39 is 0 Å². The highest BCUT2D eigenvalue weighted by atomic mass is 15.1. The number of anilines is 1. The van der Waals surface area contributed by atoms with Gasteiger partial charge in [0.05, 0.1) is 0 Å². The zero-order chi connectivity index (χ0) is 11.4. The van der Waals surface area contributed by atoms with Gasteiger partial charge in [0, 0.05) is 25.8 Å². The van der Waals surface area contributed by atoms with Crippen molar-refractivity contribution in [1.82, 2.24) is 5.32 Å². The lowest BCUT2D eigenvalue weighted by atomic mass is 10.1. The molecule has 0 aromatic heterocycles. The Morgan fingerprint density at radius 2 is 2.06 bits per heavy atom. The number of nitrogens with one attached hydrogen (secondary N) is 1. The van der Waals surface area contributed by atoms with Crippen LogP contribution >= 0.6 is 0 Å². The van der Waals surface area contributed by atoms with Gasteiger partial charge in [-0.25, -0.2) is 0 Å². The number of benzene rings is 1. The Bertz CT molecular complexity index is 347. The average molecular weight is 218 g/mol. The summed E-state index contributed by atoms with van der Waals surface area (Å²) in [5.41, 5.74) is 4.48. The van der Waals surface area contributed by atoms with Crippen LogP contribution in [0.4, 0.5) is 5.69 Å². The number of likely N-dealkylation sites (N-methyl/N-ethyl adjacent to an activating group) is 2. The zero-order valence-corrected chi connectivity index (χ0v) is 10.4. The molecule has 1 aliphatic carbocycles. The van der Waals surface area contributed by atoms with Crippen LogP contribution in [0.1, 0.15) is 24.5 Å². The summed E-state index contributed by atoms with van der Waals surface area (Å²) in [6, 6.07) is 6.94. The molecule has 2 nitrogen and oxygen atoms in total. The summed E-state index contributed by atoms with van der Waals surface area (Å²) >= 11 is 0. The van der Waals surface area contributed by atoms with Crippen molar-refractivity contribution in [2.24, 2.45) is 0 Å². The molecule has 0 fully saturated rings. The molecule has 0 atom stereocenters. The monoisotopic (exact) mass is 218 g/mol. The van der Waals surface area contributed by atoms with E-state index in [2.05, 4.69) is 42.4 Å². The second-order valence-corrected chi connectivity index (χ2v) is 4.58. The van der Waals surface area contributed by atoms with E-state index in [0.717, 1.165) is 19.6 Å². The molecule has 16 heavy (non-hydrogen) atoms. The molecule has 0 bridgehead atoms. The highest BCUT2D eigenvalue weighted by Crippen LogP contribution is 2.26. The van der Waals surface area contributed by atoms with Crippen molar-refractivity contribution in [2.45, 2.75) is 26.2 Å². The molecular formula is C14H22N2. The Labute approximate surface area is 98.7 Å². The van der Waals surface area contributed by atoms with Crippen molar-refractivity contribution in [2.75, 3.05) is 31.6 Å². The molecule has 0 amide bonds. The Morgan fingerprint density at radius 1 is 1.25 bits per heavy atom. The standard InChI is InChI=1S/C14H22N2/c1-3-15-9-10-16(2)14-8-7-12-5-4-6-13(12)11-14/h7-8,11,15H,3-6,9-10H2,1-2H3. The summed E-state index contributed by atoms with van der Waals surface area (Å²) in [5, 5.41) is 3.36. The molecule has 0 heterocycles. The molecule has 0 spiro atoms. The summed E-state index contributed by atoms with van der Waals surface area (Å²) in [7, 11) is 2.17. The summed E-state index contributed by atoms with van der Waals surface area (Å²) in [4.78, 5) is 2.33. The van der Waals surface area contributed by atoms with Crippen molar-refractivity contribution < 1.29 is 0 Å². The van der Waals surface area contributed by atoms with Crippen LogP contribution < -0.4 is 10.2 Å². The number of rotatable bonds is 5. The maximum absolute atomic E-state index is 3.36. The summed E-state index contributed by atoms with van der Waals surface area (Å²) in [6.45, 7) is 5.34. The minimum Gasteiger partial charge on any atom is -0.373 e. The highest BCUT2D eigenvalue weighted by molar-refractivity contribution is 5.51. The number of hydrogen-bond acceptors (Lipinski definition) is 2. The lowest BCUT2D eigenvalue weighted by Gasteiger charge is -2.20. The van der Waals surface area contributed by atoms with E-state index in [0.29, 0.717) is 0 Å². The summed E-state index contributed by atoms with van der Waals surface area (Å²) in [6.07, 6.45) is 3.88. The van der Waals surface area contributed by atoms with Crippen LogP contribution in [-0.2, 0) is 12.8 Å². The van der Waals surface area contributed by atoms with Gasteiger partial charge in [0.15, 0.2) is 0 Å². The molecule has 2 heteroatoms. The molecule has 1 aliphatic rings. The van der Waals surface area contributed by atoms with Crippen molar-refractivity contribution in [3.05, 3.63) is 29.3 Å². The van der Waals surface area contributed by atoms with Crippen LogP contribution in [0.2, 0.25) is 0 Å². The normalized spacial score (nSPS) is 13.9. The number of aryl methyl sites for hydroxylation is 2. The summed E-state index contributed by atoms with van der Waals surface area (Å²) < 4.78 is 0. The van der Waals surface area contributed by atoms with Crippen LogP contribution in [0.3, 0.4) is 0 Å². The highest BCUT2D eigenvalue weighted by Gasteiger charge is 2.11. The van der Waals surface area contributed by atoms with Gasteiger partial charge in [-0.1, -0.05) is 13.0 Å². The van der Waals surface area contributed by atoms with Gasteiger partial charge in [0.2, 0.25) is 0 Å². The molecule has 1 aromatic rings. The third kappa shape index (κ3) is 2.56. The van der Waals surface area contributed by atoms with Gasteiger partial charge in [0.1, 0.15) is 0 Å². The van der Waals surface area contributed by atoms with E-state index in [1.165, 1.54) is 24.9 Å². The van der Waals surface area contributed by atoms with Gasteiger partial charge in [0.25, 0.3) is 0 Å². The Kier molecular flexibility index (Phi) is 3.83. The Morgan fingerprint density at radius 3 is 2.88 bits per heavy atom. The van der Waals surface area contributed by atoms with E-state index in [1.807, 2.05) is 0 Å². The maximum atomic E-state index is 3.36. The molecule has 0 saturated heterocycles. The molecule has 88 valence electrons. The molecule has 0 unspecified atom stereocenters. The molecular weight excluding hydrogens is 196 g/mol. The van der Waals surface area contributed by atoms with Gasteiger partial charge in [-0.05, 0) is 49.1 Å². The molecule has 0 saturated carbocycles. The van der Waals surface area contributed by atoms with E-state index in [-0.39, 0.29) is 0 Å².